The van der Waals surface area contributed by atoms with E-state index in [1.54, 1.807) is 24.3 Å². The van der Waals surface area contributed by atoms with Crippen LogP contribution in [0.25, 0.3) is 11.3 Å². The summed E-state index contributed by atoms with van der Waals surface area (Å²) in [5.74, 6) is 3.24. The lowest BCUT2D eigenvalue weighted by Crippen LogP contribution is -2.25. The Balaban J connectivity index is 1.51. The fraction of sp³-hybridized carbons (Fsp3) is 0.136. The van der Waals surface area contributed by atoms with Crippen LogP contribution >= 0.6 is 0 Å². The van der Waals surface area contributed by atoms with Crippen LogP contribution in [0, 0.1) is 18.2 Å². The number of hydrogen-bond donors (Lipinski definition) is 1. The van der Waals surface area contributed by atoms with Crippen LogP contribution in [-0.4, -0.2) is 19.1 Å². The molecule has 0 atom stereocenters. The molecule has 0 saturated carbocycles. The van der Waals surface area contributed by atoms with E-state index in [9.17, 15) is 9.18 Å². The van der Waals surface area contributed by atoms with Crippen molar-refractivity contribution in [2.45, 2.75) is 6.42 Å². The fourth-order valence-corrected chi connectivity index (χ4v) is 2.51. The zero-order valence-corrected chi connectivity index (χ0v) is 14.6. The maximum absolute atomic E-state index is 13.0. The number of furan rings is 1. The van der Waals surface area contributed by atoms with Crippen molar-refractivity contribution in [3.8, 4) is 29.4 Å². The minimum absolute atomic E-state index is 0.215. The zero-order chi connectivity index (χ0) is 19.1. The van der Waals surface area contributed by atoms with Gasteiger partial charge in [-0.2, -0.15) is 0 Å². The zero-order valence-electron chi connectivity index (χ0n) is 14.6. The highest BCUT2D eigenvalue weighted by atomic mass is 19.1. The summed E-state index contributed by atoms with van der Waals surface area (Å²) < 4.78 is 23.9. The Labute approximate surface area is 157 Å². The first-order valence-electron chi connectivity index (χ1n) is 8.45. The summed E-state index contributed by atoms with van der Waals surface area (Å²) >= 11 is 0. The Morgan fingerprint density at radius 1 is 1.07 bits per heavy atom. The van der Waals surface area contributed by atoms with Crippen molar-refractivity contribution in [1.29, 1.82) is 0 Å². The smallest absolute Gasteiger partial charge is 0.287 e. The number of benzene rings is 2. The Kier molecular flexibility index (Phi) is 5.91. The molecule has 0 saturated heterocycles. The predicted octanol–water partition coefficient (Wildman–Crippen LogP) is 4.07. The van der Waals surface area contributed by atoms with Crippen LogP contribution in [0.4, 0.5) is 4.39 Å². The number of ether oxygens (including phenoxy) is 1. The van der Waals surface area contributed by atoms with Crippen LogP contribution in [-0.2, 0) is 6.42 Å². The lowest BCUT2D eigenvalue weighted by molar-refractivity contribution is 0.0927. The quantitative estimate of drug-likeness (QED) is 0.644. The monoisotopic (exact) mass is 363 g/mol. The van der Waals surface area contributed by atoms with Crippen LogP contribution in [0.15, 0.2) is 65.1 Å². The molecular weight excluding hydrogens is 345 g/mol. The van der Waals surface area contributed by atoms with Gasteiger partial charge in [-0.1, -0.05) is 18.1 Å². The molecule has 1 aromatic heterocycles. The number of terminal acetylenes is 1. The molecule has 2 aromatic carbocycles. The lowest BCUT2D eigenvalue weighted by Gasteiger charge is -2.06. The summed E-state index contributed by atoms with van der Waals surface area (Å²) in [7, 11) is 0. The van der Waals surface area contributed by atoms with Crippen LogP contribution in [0.3, 0.4) is 0 Å². The summed E-state index contributed by atoms with van der Waals surface area (Å²) in [4.78, 5) is 12.2. The Morgan fingerprint density at radius 2 is 1.81 bits per heavy atom. The molecule has 0 aliphatic heterocycles. The summed E-state index contributed by atoms with van der Waals surface area (Å²) in [6.07, 6.45) is 5.82. The summed E-state index contributed by atoms with van der Waals surface area (Å²) in [5, 5.41) is 2.82. The molecular formula is C22H18FNO3. The van der Waals surface area contributed by atoms with Gasteiger partial charge in [0.05, 0.1) is 0 Å². The van der Waals surface area contributed by atoms with E-state index in [1.807, 2.05) is 24.3 Å². The van der Waals surface area contributed by atoms with Crippen molar-refractivity contribution in [1.82, 2.24) is 5.32 Å². The highest BCUT2D eigenvalue weighted by Crippen LogP contribution is 2.22. The van der Waals surface area contributed by atoms with Crippen molar-refractivity contribution in [3.63, 3.8) is 0 Å². The highest BCUT2D eigenvalue weighted by molar-refractivity contribution is 5.92. The molecule has 0 unspecified atom stereocenters. The van der Waals surface area contributed by atoms with E-state index in [0.717, 1.165) is 5.56 Å². The third kappa shape index (κ3) is 4.99. The van der Waals surface area contributed by atoms with Crippen LogP contribution in [0.2, 0.25) is 0 Å². The molecule has 136 valence electrons. The first kappa shape index (κ1) is 18.3. The van der Waals surface area contributed by atoms with Gasteiger partial charge in [0.15, 0.2) is 5.76 Å². The minimum Gasteiger partial charge on any atom is -0.481 e. The average Bonchev–Trinajstić information content (AvgIpc) is 3.18. The van der Waals surface area contributed by atoms with Crippen molar-refractivity contribution in [3.05, 3.63) is 77.8 Å². The number of rotatable bonds is 7. The first-order valence-corrected chi connectivity index (χ1v) is 8.45. The molecule has 0 aliphatic rings. The molecule has 0 radical (unpaired) electrons. The number of amides is 1. The number of carbonyl (C=O) groups is 1. The second-order valence-electron chi connectivity index (χ2n) is 5.81. The molecule has 0 aliphatic carbocycles. The van der Waals surface area contributed by atoms with Crippen molar-refractivity contribution in [2.24, 2.45) is 0 Å². The van der Waals surface area contributed by atoms with E-state index in [4.69, 9.17) is 15.6 Å². The Hall–Kier alpha value is -3.52. The number of hydrogen-bond acceptors (Lipinski definition) is 3. The van der Waals surface area contributed by atoms with Gasteiger partial charge in [-0.25, -0.2) is 4.39 Å². The van der Waals surface area contributed by atoms with Gasteiger partial charge in [-0.15, -0.1) is 6.42 Å². The van der Waals surface area contributed by atoms with E-state index in [1.165, 1.54) is 12.1 Å². The highest BCUT2D eigenvalue weighted by Gasteiger charge is 2.12. The Bertz CT molecular complexity index is 937. The van der Waals surface area contributed by atoms with Gasteiger partial charge in [0.25, 0.3) is 5.91 Å². The molecule has 1 amide bonds. The second-order valence-corrected chi connectivity index (χ2v) is 5.81. The van der Waals surface area contributed by atoms with Gasteiger partial charge in [0.2, 0.25) is 0 Å². The molecule has 0 fully saturated rings. The van der Waals surface area contributed by atoms with E-state index < -0.39 is 0 Å². The molecule has 1 N–H and O–H groups in total. The van der Waals surface area contributed by atoms with Gasteiger partial charge in [-0.05, 0) is 60.5 Å². The molecule has 3 aromatic rings. The third-order valence-electron chi connectivity index (χ3n) is 3.90. The molecule has 3 rings (SSSR count). The van der Waals surface area contributed by atoms with Gasteiger partial charge in [-0.3, -0.25) is 4.79 Å². The Morgan fingerprint density at radius 3 is 2.52 bits per heavy atom. The second kappa shape index (κ2) is 8.72. The third-order valence-corrected chi connectivity index (χ3v) is 3.90. The SMILES string of the molecule is C#CCOc1ccc(CCNC(=O)c2ccc(-c3ccc(F)cc3)o2)cc1. The van der Waals surface area contributed by atoms with E-state index >= 15 is 0 Å². The molecule has 1 heterocycles. The van der Waals surface area contributed by atoms with Crippen LogP contribution in [0.1, 0.15) is 16.1 Å². The van der Waals surface area contributed by atoms with E-state index in [-0.39, 0.29) is 24.1 Å². The van der Waals surface area contributed by atoms with Crippen LogP contribution in [0.5, 0.6) is 5.75 Å². The molecule has 5 heteroatoms. The molecule has 27 heavy (non-hydrogen) atoms. The van der Waals surface area contributed by atoms with Gasteiger partial charge >= 0.3 is 0 Å². The predicted molar refractivity (Wildman–Crippen MR) is 101 cm³/mol. The number of carbonyl (C=O) groups excluding carboxylic acids is 1. The minimum atomic E-state index is -0.320. The van der Waals surface area contributed by atoms with Crippen molar-refractivity contribution < 1.29 is 18.3 Å². The first-order chi connectivity index (χ1) is 13.2. The van der Waals surface area contributed by atoms with Crippen molar-refractivity contribution >= 4 is 5.91 Å². The average molecular weight is 363 g/mol. The standard InChI is InChI=1S/C22H18FNO3/c1-2-15-26-19-9-3-16(4-10-19)13-14-24-22(25)21-12-11-20(27-21)17-5-7-18(23)8-6-17/h1,3-12H,13-15H2,(H,24,25). The van der Waals surface area contributed by atoms with Gasteiger partial charge in [0, 0.05) is 12.1 Å². The van der Waals surface area contributed by atoms with E-state index in [0.29, 0.717) is 30.0 Å². The summed E-state index contributed by atoms with van der Waals surface area (Å²) in [6.45, 7) is 0.703. The van der Waals surface area contributed by atoms with E-state index in [2.05, 4.69) is 11.2 Å². The van der Waals surface area contributed by atoms with Crippen molar-refractivity contribution in [2.75, 3.05) is 13.2 Å². The van der Waals surface area contributed by atoms with Gasteiger partial charge in [0.1, 0.15) is 23.9 Å². The maximum Gasteiger partial charge on any atom is 0.287 e. The number of halogens is 1. The largest absolute Gasteiger partial charge is 0.481 e. The van der Waals surface area contributed by atoms with Gasteiger partial charge < -0.3 is 14.5 Å². The molecule has 0 bridgehead atoms. The molecule has 0 spiro atoms. The normalized spacial score (nSPS) is 10.2. The number of nitrogens with one attached hydrogen (secondary N) is 1. The maximum atomic E-state index is 13.0. The summed E-state index contributed by atoms with van der Waals surface area (Å²) in [6, 6.07) is 16.7. The summed E-state index contributed by atoms with van der Waals surface area (Å²) in [5.41, 5.74) is 1.78. The molecule has 4 nitrogen and oxygen atoms in total. The fourth-order valence-electron chi connectivity index (χ4n) is 2.51. The topological polar surface area (TPSA) is 51.5 Å². The lowest BCUT2D eigenvalue weighted by atomic mass is 10.1. The van der Waals surface area contributed by atoms with Crippen LogP contribution < -0.4 is 10.1 Å².